The molecule has 1 unspecified atom stereocenters. The molecular formula is C22H30N6O3. The maximum Gasteiger partial charge on any atom is 0.238 e. The van der Waals surface area contributed by atoms with Gasteiger partial charge in [0.15, 0.2) is 0 Å². The van der Waals surface area contributed by atoms with Crippen LogP contribution in [0.5, 0.6) is 0 Å². The van der Waals surface area contributed by atoms with Gasteiger partial charge in [-0.2, -0.15) is 5.10 Å². The van der Waals surface area contributed by atoms with Crippen LogP contribution in [0.3, 0.4) is 0 Å². The van der Waals surface area contributed by atoms with Crippen molar-refractivity contribution in [2.75, 3.05) is 44.6 Å². The molecule has 4 rings (SSSR count). The van der Waals surface area contributed by atoms with Crippen LogP contribution in [0.2, 0.25) is 0 Å². The van der Waals surface area contributed by atoms with Crippen molar-refractivity contribution in [2.45, 2.75) is 32.1 Å². The van der Waals surface area contributed by atoms with Gasteiger partial charge in [-0.25, -0.2) is 0 Å². The van der Waals surface area contributed by atoms with Crippen LogP contribution in [-0.4, -0.2) is 76.6 Å². The van der Waals surface area contributed by atoms with E-state index in [-0.39, 0.29) is 17.7 Å². The molecule has 9 heteroatoms. The number of hydrogen-bond donors (Lipinski definition) is 2. The molecule has 9 nitrogen and oxygen atoms in total. The molecule has 3 amide bonds. The molecule has 2 N–H and O–H groups in total. The number of piperidine rings is 1. The zero-order valence-corrected chi connectivity index (χ0v) is 18.2. The fourth-order valence-corrected chi connectivity index (χ4v) is 4.56. The van der Waals surface area contributed by atoms with Crippen LogP contribution in [0.25, 0.3) is 10.9 Å². The van der Waals surface area contributed by atoms with Crippen molar-refractivity contribution < 1.29 is 14.4 Å². The number of para-hydroxylation sites is 1. The molecule has 0 bridgehead atoms. The Morgan fingerprint density at radius 2 is 1.94 bits per heavy atom. The fraction of sp³-hybridized carbons (Fsp3) is 0.545. The van der Waals surface area contributed by atoms with Gasteiger partial charge in [0.05, 0.1) is 29.4 Å². The van der Waals surface area contributed by atoms with E-state index in [2.05, 4.69) is 32.5 Å². The van der Waals surface area contributed by atoms with Crippen LogP contribution in [0.4, 0.5) is 5.69 Å². The van der Waals surface area contributed by atoms with Crippen molar-refractivity contribution in [1.82, 2.24) is 24.9 Å². The summed E-state index contributed by atoms with van der Waals surface area (Å²) in [6.45, 7) is 7.42. The number of amides is 3. The third kappa shape index (κ3) is 4.62. The number of imide groups is 1. The molecule has 31 heavy (non-hydrogen) atoms. The van der Waals surface area contributed by atoms with E-state index in [1.165, 1.54) is 0 Å². The summed E-state index contributed by atoms with van der Waals surface area (Å²) in [5.74, 6) is -1.08. The van der Waals surface area contributed by atoms with E-state index in [1.54, 1.807) is 11.7 Å². The van der Waals surface area contributed by atoms with E-state index in [9.17, 15) is 14.4 Å². The van der Waals surface area contributed by atoms with Gasteiger partial charge >= 0.3 is 0 Å². The van der Waals surface area contributed by atoms with E-state index in [0.717, 1.165) is 50.0 Å². The summed E-state index contributed by atoms with van der Waals surface area (Å²) in [4.78, 5) is 41.2. The Morgan fingerprint density at radius 1 is 1.19 bits per heavy atom. The van der Waals surface area contributed by atoms with Gasteiger partial charge in [0.1, 0.15) is 0 Å². The number of aryl methyl sites for hydroxylation is 1. The molecule has 1 aromatic carbocycles. The summed E-state index contributed by atoms with van der Waals surface area (Å²) in [5, 5.41) is 10.8. The van der Waals surface area contributed by atoms with Crippen molar-refractivity contribution in [2.24, 2.45) is 7.05 Å². The molecule has 2 fully saturated rings. The zero-order chi connectivity index (χ0) is 22.0. The Balaban J connectivity index is 1.47. The molecule has 1 atom stereocenters. The number of carbonyl (C=O) groups is 3. The number of rotatable bonds is 6. The predicted molar refractivity (Wildman–Crippen MR) is 118 cm³/mol. The average Bonchev–Trinajstić information content (AvgIpc) is 3.07. The lowest BCUT2D eigenvalue weighted by Crippen LogP contribution is -2.48. The van der Waals surface area contributed by atoms with Gasteiger partial charge in [0.25, 0.3) is 0 Å². The Morgan fingerprint density at radius 3 is 2.65 bits per heavy atom. The smallest absolute Gasteiger partial charge is 0.238 e. The number of nitrogens with zero attached hydrogens (tertiary/aromatic N) is 4. The highest BCUT2D eigenvalue weighted by Gasteiger charge is 2.32. The minimum atomic E-state index is -0.466. The number of aromatic nitrogens is 2. The van der Waals surface area contributed by atoms with Crippen molar-refractivity contribution in [3.63, 3.8) is 0 Å². The molecule has 0 radical (unpaired) electrons. The highest BCUT2D eigenvalue weighted by Crippen LogP contribution is 2.33. The molecule has 2 aliphatic rings. The summed E-state index contributed by atoms with van der Waals surface area (Å²) >= 11 is 0. The third-order valence-corrected chi connectivity index (χ3v) is 6.11. The Bertz CT molecular complexity index is 993. The van der Waals surface area contributed by atoms with Crippen molar-refractivity contribution in [3.05, 3.63) is 23.9 Å². The second-order valence-corrected chi connectivity index (χ2v) is 8.38. The Kier molecular flexibility index (Phi) is 6.33. The quantitative estimate of drug-likeness (QED) is 0.670. The lowest BCUT2D eigenvalue weighted by molar-refractivity contribution is -0.134. The van der Waals surface area contributed by atoms with Crippen molar-refractivity contribution in [3.8, 4) is 0 Å². The summed E-state index contributed by atoms with van der Waals surface area (Å²) in [6, 6.07) is 5.62. The fourth-order valence-electron chi connectivity index (χ4n) is 4.56. The van der Waals surface area contributed by atoms with Crippen LogP contribution in [0.15, 0.2) is 18.2 Å². The number of piperazine rings is 1. The van der Waals surface area contributed by atoms with Crippen LogP contribution in [-0.2, 0) is 21.4 Å². The monoisotopic (exact) mass is 426 g/mol. The van der Waals surface area contributed by atoms with Crippen LogP contribution in [0.1, 0.15) is 37.8 Å². The third-order valence-electron chi connectivity index (χ3n) is 6.11. The van der Waals surface area contributed by atoms with Gasteiger partial charge in [-0.15, -0.1) is 0 Å². The molecule has 2 saturated heterocycles. The average molecular weight is 427 g/mol. The van der Waals surface area contributed by atoms with E-state index >= 15 is 0 Å². The zero-order valence-electron chi connectivity index (χ0n) is 18.2. The molecule has 1 aromatic heterocycles. The number of benzene rings is 1. The molecule has 3 heterocycles. The SMILES string of the molecule is CCCN1CCN(CC(=O)Nc2cccc3c(C4CCC(=O)NC4=O)nn(C)c23)CC1. The number of carbonyl (C=O) groups excluding carboxylic acids is 3. The first-order valence-electron chi connectivity index (χ1n) is 11.0. The molecule has 0 aliphatic carbocycles. The molecular weight excluding hydrogens is 396 g/mol. The number of anilines is 1. The van der Waals surface area contributed by atoms with Gasteiger partial charge < -0.3 is 10.2 Å². The normalized spacial score (nSPS) is 20.8. The van der Waals surface area contributed by atoms with Crippen molar-refractivity contribution in [1.29, 1.82) is 0 Å². The second kappa shape index (κ2) is 9.15. The summed E-state index contributed by atoms with van der Waals surface area (Å²) in [6.07, 6.45) is 1.89. The first kappa shape index (κ1) is 21.5. The highest BCUT2D eigenvalue weighted by molar-refractivity contribution is 6.05. The topological polar surface area (TPSA) is 99.6 Å². The van der Waals surface area contributed by atoms with Crippen molar-refractivity contribution >= 4 is 34.3 Å². The number of hydrogen-bond acceptors (Lipinski definition) is 6. The van der Waals surface area contributed by atoms with Gasteiger partial charge in [0.2, 0.25) is 17.7 Å². The molecule has 2 aliphatic heterocycles. The lowest BCUT2D eigenvalue weighted by atomic mass is 9.92. The minimum Gasteiger partial charge on any atom is -0.323 e. The van der Waals surface area contributed by atoms with Gasteiger partial charge in [-0.3, -0.25) is 29.3 Å². The predicted octanol–water partition coefficient (Wildman–Crippen LogP) is 1.06. The Labute approximate surface area is 181 Å². The van der Waals surface area contributed by atoms with E-state index in [0.29, 0.717) is 30.8 Å². The van der Waals surface area contributed by atoms with Gasteiger partial charge in [-0.1, -0.05) is 19.1 Å². The van der Waals surface area contributed by atoms with Crippen LogP contribution >= 0.6 is 0 Å². The molecule has 2 aromatic rings. The molecule has 0 spiro atoms. The first-order chi connectivity index (χ1) is 15.0. The largest absolute Gasteiger partial charge is 0.323 e. The van der Waals surface area contributed by atoms with E-state index < -0.39 is 5.92 Å². The first-order valence-corrected chi connectivity index (χ1v) is 11.0. The van der Waals surface area contributed by atoms with Crippen LogP contribution < -0.4 is 10.6 Å². The van der Waals surface area contributed by atoms with E-state index in [1.807, 2.05) is 18.2 Å². The van der Waals surface area contributed by atoms with Gasteiger partial charge in [0, 0.05) is 45.0 Å². The Hall–Kier alpha value is -2.78. The summed E-state index contributed by atoms with van der Waals surface area (Å²) in [7, 11) is 1.81. The summed E-state index contributed by atoms with van der Waals surface area (Å²) in [5.41, 5.74) is 2.11. The standard InChI is InChI=1S/C22H30N6O3/c1-3-9-27-10-12-28(13-11-27)14-19(30)23-17-6-4-5-15-20(25-26(2)21(15)17)16-7-8-18(29)24-22(16)31/h4-6,16H,3,7-14H2,1-2H3,(H,23,30)(H,24,29,31). The molecule has 166 valence electrons. The minimum absolute atomic E-state index is 0.0554. The van der Waals surface area contributed by atoms with E-state index in [4.69, 9.17) is 0 Å². The second-order valence-electron chi connectivity index (χ2n) is 8.38. The number of fused-ring (bicyclic) bond motifs is 1. The number of nitrogens with one attached hydrogen (secondary N) is 2. The molecule has 0 saturated carbocycles. The van der Waals surface area contributed by atoms with Crippen LogP contribution in [0, 0.1) is 0 Å². The lowest BCUT2D eigenvalue weighted by Gasteiger charge is -2.34. The maximum absolute atomic E-state index is 12.7. The maximum atomic E-state index is 12.7. The van der Waals surface area contributed by atoms with Gasteiger partial charge in [-0.05, 0) is 25.5 Å². The summed E-state index contributed by atoms with van der Waals surface area (Å²) < 4.78 is 1.70. The highest BCUT2D eigenvalue weighted by atomic mass is 16.2.